The fraction of sp³-hybridized carbons (Fsp3) is 0.720. The van der Waals surface area contributed by atoms with Gasteiger partial charge in [-0.2, -0.15) is 0 Å². The Hall–Kier alpha value is -2.31. The standard InChI is InChI=1S/C25H39N3O4/c1-18-7-5-10-22(26-18)27-14-11-19(12-15-27)8-6-9-20-13-16-28(21(17-20)23(29)30)24(31)32-25(2,3)4/h5,7,10,19-21H,6,8-9,11-17H2,1-4H3,(H,29,30). The normalized spacial score (nSPS) is 22.6. The Morgan fingerprint density at radius 2 is 1.75 bits per heavy atom. The molecular formula is C25H39N3O4. The quantitative estimate of drug-likeness (QED) is 0.672. The molecular weight excluding hydrogens is 406 g/mol. The van der Waals surface area contributed by atoms with Gasteiger partial charge in [0.05, 0.1) is 0 Å². The van der Waals surface area contributed by atoms with Gasteiger partial charge in [0.1, 0.15) is 17.5 Å². The molecule has 3 rings (SSSR count). The highest BCUT2D eigenvalue weighted by Crippen LogP contribution is 2.31. The van der Waals surface area contributed by atoms with E-state index < -0.39 is 23.7 Å². The Bertz CT molecular complexity index is 784. The predicted molar refractivity (Wildman–Crippen MR) is 125 cm³/mol. The number of rotatable bonds is 6. The second kappa shape index (κ2) is 10.5. The van der Waals surface area contributed by atoms with Crippen LogP contribution < -0.4 is 4.90 Å². The maximum absolute atomic E-state index is 12.4. The third kappa shape index (κ3) is 6.84. The molecule has 0 radical (unpaired) electrons. The van der Waals surface area contributed by atoms with Crippen LogP contribution >= 0.6 is 0 Å². The molecule has 0 spiro atoms. The van der Waals surface area contributed by atoms with E-state index in [1.54, 1.807) is 20.8 Å². The number of amides is 1. The third-order valence-corrected chi connectivity index (χ3v) is 6.66. The Balaban J connectivity index is 1.41. The van der Waals surface area contributed by atoms with Crippen LogP contribution in [-0.2, 0) is 9.53 Å². The maximum atomic E-state index is 12.4. The first kappa shape index (κ1) is 24.3. The van der Waals surface area contributed by atoms with E-state index in [0.29, 0.717) is 18.9 Å². The van der Waals surface area contributed by atoms with E-state index >= 15 is 0 Å². The fourth-order valence-corrected chi connectivity index (χ4v) is 4.92. The molecule has 2 fully saturated rings. The summed E-state index contributed by atoms with van der Waals surface area (Å²) in [6.45, 7) is 9.99. The summed E-state index contributed by atoms with van der Waals surface area (Å²) in [5, 5.41) is 9.68. The molecule has 2 unspecified atom stereocenters. The van der Waals surface area contributed by atoms with Gasteiger partial charge in [0.2, 0.25) is 0 Å². The van der Waals surface area contributed by atoms with Gasteiger partial charge in [0, 0.05) is 25.3 Å². The van der Waals surface area contributed by atoms with Gasteiger partial charge < -0.3 is 14.7 Å². The van der Waals surface area contributed by atoms with Crippen molar-refractivity contribution in [3.63, 3.8) is 0 Å². The SMILES string of the molecule is Cc1cccc(N2CCC(CCCC3CCN(C(=O)OC(C)(C)C)C(C(=O)O)C3)CC2)n1. The molecule has 1 aromatic heterocycles. The van der Waals surface area contributed by atoms with Crippen LogP contribution in [0.2, 0.25) is 0 Å². The van der Waals surface area contributed by atoms with Crippen LogP contribution in [0.1, 0.15) is 71.4 Å². The highest BCUT2D eigenvalue weighted by molar-refractivity contribution is 5.80. The number of nitrogens with zero attached hydrogens (tertiary/aromatic N) is 3. The van der Waals surface area contributed by atoms with Gasteiger partial charge in [0.25, 0.3) is 0 Å². The van der Waals surface area contributed by atoms with Crippen molar-refractivity contribution in [1.82, 2.24) is 9.88 Å². The number of pyridine rings is 1. The molecule has 2 saturated heterocycles. The Kier molecular flexibility index (Phi) is 8.01. The lowest BCUT2D eigenvalue weighted by molar-refractivity contribution is -0.145. The van der Waals surface area contributed by atoms with Gasteiger partial charge in [-0.25, -0.2) is 14.6 Å². The number of piperidine rings is 2. The minimum absolute atomic E-state index is 0.353. The lowest BCUT2D eigenvalue weighted by atomic mass is 9.84. The minimum atomic E-state index is -0.933. The van der Waals surface area contributed by atoms with Crippen LogP contribution in [0.25, 0.3) is 0 Å². The molecule has 0 aliphatic carbocycles. The number of aryl methyl sites for hydroxylation is 1. The van der Waals surface area contributed by atoms with E-state index in [4.69, 9.17) is 4.74 Å². The monoisotopic (exact) mass is 445 g/mol. The Morgan fingerprint density at radius 1 is 1.09 bits per heavy atom. The van der Waals surface area contributed by atoms with Gasteiger partial charge in [-0.3, -0.25) is 4.90 Å². The van der Waals surface area contributed by atoms with Crippen LogP contribution in [-0.4, -0.2) is 58.3 Å². The van der Waals surface area contributed by atoms with Crippen molar-refractivity contribution >= 4 is 17.9 Å². The van der Waals surface area contributed by atoms with Crippen molar-refractivity contribution in [1.29, 1.82) is 0 Å². The first-order valence-corrected chi connectivity index (χ1v) is 12.0. The number of carboxylic acid groups (broad SMARTS) is 1. The molecule has 0 bridgehead atoms. The molecule has 7 nitrogen and oxygen atoms in total. The van der Waals surface area contributed by atoms with E-state index in [1.807, 2.05) is 13.0 Å². The zero-order valence-corrected chi connectivity index (χ0v) is 20.0. The first-order valence-electron chi connectivity index (χ1n) is 12.0. The van der Waals surface area contributed by atoms with Crippen molar-refractivity contribution in [3.05, 3.63) is 23.9 Å². The molecule has 2 aliphatic rings. The van der Waals surface area contributed by atoms with Crippen LogP contribution in [0.3, 0.4) is 0 Å². The van der Waals surface area contributed by atoms with E-state index in [1.165, 1.54) is 24.2 Å². The molecule has 2 aliphatic heterocycles. The summed E-state index contributed by atoms with van der Waals surface area (Å²) >= 11 is 0. The molecule has 0 aromatic carbocycles. The summed E-state index contributed by atoms with van der Waals surface area (Å²) in [6.07, 6.45) is 6.57. The average Bonchev–Trinajstić information content (AvgIpc) is 2.73. The number of hydrogen-bond acceptors (Lipinski definition) is 5. The van der Waals surface area contributed by atoms with Crippen LogP contribution in [0.4, 0.5) is 10.6 Å². The Morgan fingerprint density at radius 3 is 2.38 bits per heavy atom. The first-order chi connectivity index (χ1) is 15.1. The summed E-state index contributed by atoms with van der Waals surface area (Å²) < 4.78 is 5.42. The lowest BCUT2D eigenvalue weighted by Crippen LogP contribution is -2.51. The maximum Gasteiger partial charge on any atom is 0.411 e. The van der Waals surface area contributed by atoms with Gasteiger partial charge in [-0.15, -0.1) is 0 Å². The number of carboxylic acids is 1. The molecule has 178 valence electrons. The fourth-order valence-electron chi connectivity index (χ4n) is 4.92. The number of likely N-dealkylation sites (tertiary alicyclic amines) is 1. The van der Waals surface area contributed by atoms with Crippen molar-refractivity contribution in [2.24, 2.45) is 11.8 Å². The van der Waals surface area contributed by atoms with Gasteiger partial charge >= 0.3 is 12.1 Å². The van der Waals surface area contributed by atoms with Crippen LogP contribution in [0.5, 0.6) is 0 Å². The molecule has 1 N–H and O–H groups in total. The predicted octanol–water partition coefficient (Wildman–Crippen LogP) is 4.88. The zero-order chi connectivity index (χ0) is 23.3. The van der Waals surface area contributed by atoms with Crippen molar-refractivity contribution in [3.8, 4) is 0 Å². The van der Waals surface area contributed by atoms with E-state index in [-0.39, 0.29) is 0 Å². The summed E-state index contributed by atoms with van der Waals surface area (Å²) in [7, 11) is 0. The summed E-state index contributed by atoms with van der Waals surface area (Å²) in [5.41, 5.74) is 0.434. The summed E-state index contributed by atoms with van der Waals surface area (Å²) in [4.78, 5) is 32.7. The van der Waals surface area contributed by atoms with E-state index in [9.17, 15) is 14.7 Å². The number of ether oxygens (including phenoxy) is 1. The highest BCUT2D eigenvalue weighted by atomic mass is 16.6. The number of aromatic nitrogens is 1. The molecule has 7 heteroatoms. The van der Waals surface area contributed by atoms with Crippen molar-refractivity contribution < 1.29 is 19.4 Å². The molecule has 2 atom stereocenters. The number of aliphatic carboxylic acids is 1. The molecule has 3 heterocycles. The topological polar surface area (TPSA) is 83.0 Å². The molecule has 32 heavy (non-hydrogen) atoms. The lowest BCUT2D eigenvalue weighted by Gasteiger charge is -2.38. The number of carbonyl (C=O) groups is 2. The smallest absolute Gasteiger partial charge is 0.411 e. The number of hydrogen-bond donors (Lipinski definition) is 1. The second-order valence-corrected chi connectivity index (χ2v) is 10.4. The van der Waals surface area contributed by atoms with Gasteiger partial charge in [-0.1, -0.05) is 25.3 Å². The summed E-state index contributed by atoms with van der Waals surface area (Å²) in [5.74, 6) is 1.23. The highest BCUT2D eigenvalue weighted by Gasteiger charge is 2.38. The number of anilines is 1. The van der Waals surface area contributed by atoms with Crippen LogP contribution in [0, 0.1) is 18.8 Å². The van der Waals surface area contributed by atoms with Gasteiger partial charge in [-0.05, 0) is 77.3 Å². The molecule has 0 saturated carbocycles. The Labute approximate surface area is 192 Å². The third-order valence-electron chi connectivity index (χ3n) is 6.66. The average molecular weight is 446 g/mol. The van der Waals surface area contributed by atoms with E-state index in [0.717, 1.165) is 49.8 Å². The van der Waals surface area contributed by atoms with E-state index in [2.05, 4.69) is 22.0 Å². The second-order valence-electron chi connectivity index (χ2n) is 10.4. The largest absolute Gasteiger partial charge is 0.480 e. The zero-order valence-electron chi connectivity index (χ0n) is 20.0. The minimum Gasteiger partial charge on any atom is -0.480 e. The van der Waals surface area contributed by atoms with Crippen LogP contribution in [0.15, 0.2) is 18.2 Å². The summed E-state index contributed by atoms with van der Waals surface area (Å²) in [6, 6.07) is 5.41. The molecule has 1 aromatic rings. The molecule has 1 amide bonds. The van der Waals surface area contributed by atoms with Gasteiger partial charge in [0.15, 0.2) is 0 Å². The van der Waals surface area contributed by atoms with Crippen molar-refractivity contribution in [2.45, 2.75) is 84.3 Å². The number of carbonyl (C=O) groups excluding carboxylic acids is 1. The van der Waals surface area contributed by atoms with Crippen molar-refractivity contribution in [2.75, 3.05) is 24.5 Å².